The number of aromatic hydroxyl groups is 1. The standard InChI is InChI=1S/C17H23Br3N2O/c18-12-10-13(19)17(23)15(20)14(12)16(11-4-2-1-3-5-11)22-8-6-21-7-9-22/h10-11,16,21,23H,1-9H2/t16-/m0/s1. The number of hydrogen-bond donors (Lipinski definition) is 2. The van der Waals surface area contributed by atoms with Crippen molar-refractivity contribution >= 4 is 47.8 Å². The topological polar surface area (TPSA) is 35.5 Å². The summed E-state index contributed by atoms with van der Waals surface area (Å²) in [5.74, 6) is 0.967. The lowest BCUT2D eigenvalue weighted by molar-refractivity contribution is 0.102. The van der Waals surface area contributed by atoms with E-state index in [1.165, 1.54) is 37.7 Å². The summed E-state index contributed by atoms with van der Waals surface area (Å²) >= 11 is 10.9. The fourth-order valence-corrected chi connectivity index (χ4v) is 6.58. The van der Waals surface area contributed by atoms with Gasteiger partial charge in [0.25, 0.3) is 0 Å². The lowest BCUT2D eigenvalue weighted by atomic mass is 9.80. The average Bonchev–Trinajstić information content (AvgIpc) is 2.58. The van der Waals surface area contributed by atoms with E-state index in [0.717, 1.165) is 39.6 Å². The zero-order chi connectivity index (χ0) is 16.4. The SMILES string of the molecule is Oc1c(Br)cc(Br)c([C@H](C2CCCCC2)N2CCNCC2)c1Br. The molecular formula is C17H23Br3N2O. The third-order valence-corrected chi connectivity index (χ3v) is 7.18. The average molecular weight is 511 g/mol. The largest absolute Gasteiger partial charge is 0.506 e. The molecule has 2 N–H and O–H groups in total. The first-order valence-corrected chi connectivity index (χ1v) is 10.8. The van der Waals surface area contributed by atoms with Crippen LogP contribution < -0.4 is 5.32 Å². The summed E-state index contributed by atoms with van der Waals surface area (Å²) in [6.45, 7) is 4.22. The van der Waals surface area contributed by atoms with E-state index in [2.05, 4.69) is 58.0 Å². The maximum absolute atomic E-state index is 10.4. The molecule has 0 unspecified atom stereocenters. The number of nitrogens with one attached hydrogen (secondary N) is 1. The molecule has 1 saturated heterocycles. The van der Waals surface area contributed by atoms with Crippen molar-refractivity contribution in [3.63, 3.8) is 0 Å². The molecule has 0 aromatic heterocycles. The van der Waals surface area contributed by atoms with E-state index in [-0.39, 0.29) is 0 Å². The number of phenolic OH excluding ortho intramolecular Hbond substituents is 1. The highest BCUT2D eigenvalue weighted by Gasteiger charge is 2.34. The van der Waals surface area contributed by atoms with Crippen LogP contribution in [0.25, 0.3) is 0 Å². The minimum atomic E-state index is 0.305. The number of piperazine rings is 1. The van der Waals surface area contributed by atoms with Crippen LogP contribution in [-0.4, -0.2) is 36.2 Å². The van der Waals surface area contributed by atoms with E-state index in [9.17, 15) is 5.11 Å². The summed E-state index contributed by atoms with van der Waals surface area (Å²) in [6, 6.07) is 2.34. The monoisotopic (exact) mass is 508 g/mol. The summed E-state index contributed by atoms with van der Waals surface area (Å²) in [4.78, 5) is 2.60. The van der Waals surface area contributed by atoms with Crippen LogP contribution in [0, 0.1) is 5.92 Å². The van der Waals surface area contributed by atoms with Gasteiger partial charge in [0.2, 0.25) is 0 Å². The molecule has 23 heavy (non-hydrogen) atoms. The zero-order valence-electron chi connectivity index (χ0n) is 13.1. The molecule has 3 rings (SSSR count). The van der Waals surface area contributed by atoms with E-state index in [1.807, 2.05) is 6.07 Å². The van der Waals surface area contributed by atoms with Crippen LogP contribution in [0.3, 0.4) is 0 Å². The number of nitrogens with zero attached hydrogens (tertiary/aromatic N) is 1. The molecule has 1 aromatic carbocycles. The Kier molecular flexibility index (Phi) is 6.46. The van der Waals surface area contributed by atoms with Crippen LogP contribution in [-0.2, 0) is 0 Å². The van der Waals surface area contributed by atoms with Crippen LogP contribution >= 0.6 is 47.8 Å². The number of benzene rings is 1. The van der Waals surface area contributed by atoms with Gasteiger partial charge in [-0.3, -0.25) is 4.90 Å². The first-order valence-electron chi connectivity index (χ1n) is 8.40. The minimum Gasteiger partial charge on any atom is -0.506 e. The van der Waals surface area contributed by atoms with Gasteiger partial charge in [0, 0.05) is 42.3 Å². The Bertz CT molecular complexity index is 537. The van der Waals surface area contributed by atoms with Crippen LogP contribution in [0.1, 0.15) is 43.7 Å². The third kappa shape index (κ3) is 3.97. The number of hydrogen-bond acceptors (Lipinski definition) is 3. The fourth-order valence-electron chi connectivity index (χ4n) is 3.99. The molecule has 2 fully saturated rings. The smallest absolute Gasteiger partial charge is 0.144 e. The van der Waals surface area contributed by atoms with E-state index in [1.54, 1.807) is 0 Å². The number of rotatable bonds is 3. The molecule has 1 atom stereocenters. The van der Waals surface area contributed by atoms with Gasteiger partial charge in [0.05, 0.1) is 8.95 Å². The Morgan fingerprint density at radius 1 is 1.04 bits per heavy atom. The highest BCUT2D eigenvalue weighted by molar-refractivity contribution is 9.11. The Hall–Kier alpha value is 0.380. The van der Waals surface area contributed by atoms with E-state index < -0.39 is 0 Å². The zero-order valence-corrected chi connectivity index (χ0v) is 17.9. The van der Waals surface area contributed by atoms with Gasteiger partial charge >= 0.3 is 0 Å². The second kappa shape index (κ2) is 8.17. The molecule has 6 heteroatoms. The highest BCUT2D eigenvalue weighted by atomic mass is 79.9. The third-order valence-electron chi connectivity index (χ3n) is 5.12. The molecule has 3 nitrogen and oxygen atoms in total. The van der Waals surface area contributed by atoms with Crippen molar-refractivity contribution in [3.8, 4) is 5.75 Å². The molecular weight excluding hydrogens is 488 g/mol. The van der Waals surface area contributed by atoms with Gasteiger partial charge in [-0.15, -0.1) is 0 Å². The molecule has 1 aliphatic carbocycles. The molecule has 128 valence electrons. The van der Waals surface area contributed by atoms with E-state index in [4.69, 9.17) is 0 Å². The predicted octanol–water partition coefficient (Wildman–Crippen LogP) is 5.21. The minimum absolute atomic E-state index is 0.305. The molecule has 1 heterocycles. The van der Waals surface area contributed by atoms with Crippen molar-refractivity contribution in [3.05, 3.63) is 25.0 Å². The molecule has 1 aromatic rings. The molecule has 0 spiro atoms. The van der Waals surface area contributed by atoms with Gasteiger partial charge in [-0.2, -0.15) is 0 Å². The summed E-state index contributed by atoms with van der Waals surface area (Å²) < 4.78 is 2.62. The van der Waals surface area contributed by atoms with Crippen LogP contribution in [0.4, 0.5) is 0 Å². The van der Waals surface area contributed by atoms with E-state index >= 15 is 0 Å². The highest BCUT2D eigenvalue weighted by Crippen LogP contribution is 2.48. The van der Waals surface area contributed by atoms with Gasteiger partial charge in [0.15, 0.2) is 0 Å². The van der Waals surface area contributed by atoms with Crippen molar-refractivity contribution < 1.29 is 5.11 Å². The Balaban J connectivity index is 2.02. The first kappa shape index (κ1) is 18.2. The van der Waals surface area contributed by atoms with Gasteiger partial charge in [-0.25, -0.2) is 0 Å². The molecule has 0 amide bonds. The first-order chi connectivity index (χ1) is 11.1. The van der Waals surface area contributed by atoms with Crippen LogP contribution in [0.5, 0.6) is 5.75 Å². The quantitative estimate of drug-likeness (QED) is 0.586. The normalized spacial score (nSPS) is 22.2. The lowest BCUT2D eigenvalue weighted by Gasteiger charge is -2.42. The van der Waals surface area contributed by atoms with Gasteiger partial charge < -0.3 is 10.4 Å². The van der Waals surface area contributed by atoms with Crippen molar-refractivity contribution in [1.29, 1.82) is 0 Å². The van der Waals surface area contributed by atoms with Crippen molar-refractivity contribution in [2.75, 3.05) is 26.2 Å². The second-order valence-corrected chi connectivity index (χ2v) is 9.05. The van der Waals surface area contributed by atoms with Gasteiger partial charge in [0.1, 0.15) is 5.75 Å². The molecule has 1 aliphatic heterocycles. The number of phenols is 1. The maximum atomic E-state index is 10.4. The number of halogens is 3. The maximum Gasteiger partial charge on any atom is 0.144 e. The lowest BCUT2D eigenvalue weighted by Crippen LogP contribution is -2.47. The molecule has 0 radical (unpaired) electrons. The Morgan fingerprint density at radius 3 is 2.35 bits per heavy atom. The summed E-state index contributed by atoms with van der Waals surface area (Å²) in [5.41, 5.74) is 1.21. The molecule has 0 bridgehead atoms. The van der Waals surface area contributed by atoms with E-state index in [0.29, 0.717) is 17.7 Å². The van der Waals surface area contributed by atoms with Crippen LogP contribution in [0.2, 0.25) is 0 Å². The summed E-state index contributed by atoms with van der Waals surface area (Å²) in [5, 5.41) is 13.9. The van der Waals surface area contributed by atoms with Crippen molar-refractivity contribution in [2.24, 2.45) is 5.92 Å². The fraction of sp³-hybridized carbons (Fsp3) is 0.647. The summed E-state index contributed by atoms with van der Waals surface area (Å²) in [6.07, 6.45) is 6.57. The van der Waals surface area contributed by atoms with Crippen molar-refractivity contribution in [1.82, 2.24) is 10.2 Å². The van der Waals surface area contributed by atoms with Gasteiger partial charge in [-0.1, -0.05) is 35.2 Å². The Morgan fingerprint density at radius 2 is 1.70 bits per heavy atom. The Labute approximate surface area is 163 Å². The second-order valence-electron chi connectivity index (χ2n) is 6.55. The van der Waals surface area contributed by atoms with Crippen molar-refractivity contribution in [2.45, 2.75) is 38.1 Å². The molecule has 1 saturated carbocycles. The molecule has 2 aliphatic rings. The van der Waals surface area contributed by atoms with Gasteiger partial charge in [-0.05, 0) is 56.7 Å². The predicted molar refractivity (Wildman–Crippen MR) is 105 cm³/mol. The summed E-state index contributed by atoms with van der Waals surface area (Å²) in [7, 11) is 0. The van der Waals surface area contributed by atoms with Crippen LogP contribution in [0.15, 0.2) is 19.5 Å².